The minimum Gasteiger partial charge on any atom is -0.496 e. The molecule has 3 aromatic rings. The number of para-hydroxylation sites is 2. The van der Waals surface area contributed by atoms with Crippen LogP contribution in [-0.4, -0.2) is 20.4 Å². The molecule has 0 aromatic heterocycles. The fourth-order valence-electron chi connectivity index (χ4n) is 2.46. The van der Waals surface area contributed by atoms with E-state index >= 15 is 0 Å². The molecule has 0 saturated carbocycles. The minimum atomic E-state index is 0.748. The summed E-state index contributed by atoms with van der Waals surface area (Å²) >= 11 is 0. The Bertz CT molecular complexity index is 825. The monoisotopic (exact) mass is 291 g/mol. The largest absolute Gasteiger partial charge is 0.496 e. The lowest BCUT2D eigenvalue weighted by molar-refractivity contribution is 0.414. The van der Waals surface area contributed by atoms with E-state index in [0.29, 0.717) is 0 Å². The maximum atomic E-state index is 5.48. The van der Waals surface area contributed by atoms with Crippen molar-refractivity contribution in [2.24, 2.45) is 4.99 Å². The van der Waals surface area contributed by atoms with Gasteiger partial charge in [-0.3, -0.25) is 4.99 Å². The fraction of sp³-hybridized carbons (Fsp3) is 0.105. The first-order valence-electron chi connectivity index (χ1n) is 7.06. The first-order chi connectivity index (χ1) is 10.8. The highest BCUT2D eigenvalue weighted by Gasteiger charge is 2.06. The Morgan fingerprint density at radius 3 is 2.32 bits per heavy atom. The van der Waals surface area contributed by atoms with E-state index in [4.69, 9.17) is 9.47 Å². The summed E-state index contributed by atoms with van der Waals surface area (Å²) in [6, 6.07) is 19.9. The lowest BCUT2D eigenvalue weighted by atomic mass is 10.0. The Morgan fingerprint density at radius 1 is 0.773 bits per heavy atom. The van der Waals surface area contributed by atoms with Crippen molar-refractivity contribution in [3.63, 3.8) is 0 Å². The van der Waals surface area contributed by atoms with Crippen LogP contribution >= 0.6 is 0 Å². The highest BCUT2D eigenvalue weighted by Crippen LogP contribution is 2.29. The molecule has 0 spiro atoms. The molecular formula is C19H17NO2. The number of ether oxygens (including phenoxy) is 2. The van der Waals surface area contributed by atoms with Crippen molar-refractivity contribution in [2.75, 3.05) is 14.2 Å². The van der Waals surface area contributed by atoms with Crippen LogP contribution in [0.1, 0.15) is 5.56 Å². The summed E-state index contributed by atoms with van der Waals surface area (Å²) in [6.45, 7) is 0. The molecule has 0 atom stereocenters. The van der Waals surface area contributed by atoms with Gasteiger partial charge in [-0.1, -0.05) is 42.5 Å². The van der Waals surface area contributed by atoms with Crippen LogP contribution in [0.3, 0.4) is 0 Å². The van der Waals surface area contributed by atoms with Crippen LogP contribution in [0.2, 0.25) is 0 Å². The van der Waals surface area contributed by atoms with Crippen LogP contribution in [0.4, 0.5) is 5.69 Å². The molecule has 3 heteroatoms. The third-order valence-corrected chi connectivity index (χ3v) is 3.57. The quantitative estimate of drug-likeness (QED) is 0.657. The van der Waals surface area contributed by atoms with E-state index in [2.05, 4.69) is 23.2 Å². The highest BCUT2D eigenvalue weighted by atomic mass is 16.5. The van der Waals surface area contributed by atoms with Crippen LogP contribution < -0.4 is 9.47 Å². The predicted molar refractivity (Wildman–Crippen MR) is 90.7 cm³/mol. The third-order valence-electron chi connectivity index (χ3n) is 3.57. The molecule has 0 radical (unpaired) electrons. The second-order valence-electron chi connectivity index (χ2n) is 4.83. The van der Waals surface area contributed by atoms with E-state index in [0.717, 1.165) is 33.5 Å². The first-order valence-corrected chi connectivity index (χ1v) is 7.06. The molecule has 0 amide bonds. The molecule has 3 rings (SSSR count). The second-order valence-corrected chi connectivity index (χ2v) is 4.83. The first kappa shape index (κ1) is 14.1. The summed E-state index contributed by atoms with van der Waals surface area (Å²) in [4.78, 5) is 4.58. The maximum absolute atomic E-state index is 5.48. The number of rotatable bonds is 4. The molecule has 0 bridgehead atoms. The van der Waals surface area contributed by atoms with Crippen molar-refractivity contribution in [3.05, 3.63) is 66.2 Å². The van der Waals surface area contributed by atoms with Gasteiger partial charge in [0.25, 0.3) is 0 Å². The van der Waals surface area contributed by atoms with Gasteiger partial charge in [0.2, 0.25) is 0 Å². The van der Waals surface area contributed by atoms with Crippen molar-refractivity contribution in [1.29, 1.82) is 0 Å². The molecular weight excluding hydrogens is 274 g/mol. The average molecular weight is 291 g/mol. The second kappa shape index (κ2) is 6.31. The van der Waals surface area contributed by atoms with Crippen molar-refractivity contribution in [3.8, 4) is 11.5 Å². The summed E-state index contributed by atoms with van der Waals surface area (Å²) in [6.07, 6.45) is 1.83. The van der Waals surface area contributed by atoms with Crippen LogP contribution in [0, 0.1) is 0 Å². The molecule has 0 heterocycles. The van der Waals surface area contributed by atoms with Gasteiger partial charge in [-0.2, -0.15) is 0 Å². The smallest absolute Gasteiger partial charge is 0.144 e. The van der Waals surface area contributed by atoms with Gasteiger partial charge in [-0.15, -0.1) is 0 Å². The van der Waals surface area contributed by atoms with Gasteiger partial charge in [0, 0.05) is 11.8 Å². The number of aliphatic imine (C=N–C) groups is 1. The summed E-state index contributed by atoms with van der Waals surface area (Å²) in [5, 5.41) is 2.27. The zero-order valence-corrected chi connectivity index (χ0v) is 12.6. The van der Waals surface area contributed by atoms with Crippen molar-refractivity contribution < 1.29 is 9.47 Å². The van der Waals surface area contributed by atoms with Crippen molar-refractivity contribution in [2.45, 2.75) is 0 Å². The van der Waals surface area contributed by atoms with Crippen LogP contribution in [-0.2, 0) is 0 Å². The van der Waals surface area contributed by atoms with Crippen LogP contribution in [0.5, 0.6) is 11.5 Å². The number of fused-ring (bicyclic) bond motifs is 1. The van der Waals surface area contributed by atoms with Crippen molar-refractivity contribution in [1.82, 2.24) is 0 Å². The van der Waals surface area contributed by atoms with E-state index in [-0.39, 0.29) is 0 Å². The van der Waals surface area contributed by atoms with E-state index in [1.165, 1.54) is 0 Å². The topological polar surface area (TPSA) is 30.8 Å². The lowest BCUT2D eigenvalue weighted by Gasteiger charge is -2.09. The summed E-state index contributed by atoms with van der Waals surface area (Å²) in [7, 11) is 3.32. The molecule has 110 valence electrons. The Morgan fingerprint density at radius 2 is 1.50 bits per heavy atom. The zero-order chi connectivity index (χ0) is 15.4. The molecule has 0 aliphatic carbocycles. The molecule has 22 heavy (non-hydrogen) atoms. The Kier molecular flexibility index (Phi) is 4.05. The van der Waals surface area contributed by atoms with Gasteiger partial charge in [-0.25, -0.2) is 0 Å². The molecule has 0 N–H and O–H groups in total. The van der Waals surface area contributed by atoms with Gasteiger partial charge in [0.1, 0.15) is 17.2 Å². The molecule has 3 nitrogen and oxygen atoms in total. The Labute approximate surface area is 129 Å². The molecule has 0 aliphatic heterocycles. The Hall–Kier alpha value is -2.81. The normalized spacial score (nSPS) is 11.0. The molecule has 0 unspecified atom stereocenters. The average Bonchev–Trinajstić information content (AvgIpc) is 2.59. The van der Waals surface area contributed by atoms with Gasteiger partial charge >= 0.3 is 0 Å². The molecule has 0 fully saturated rings. The number of nitrogens with zero attached hydrogens (tertiary/aromatic N) is 1. The zero-order valence-electron chi connectivity index (χ0n) is 12.6. The minimum absolute atomic E-state index is 0.748. The third kappa shape index (κ3) is 2.66. The van der Waals surface area contributed by atoms with E-state index in [1.807, 2.05) is 48.7 Å². The van der Waals surface area contributed by atoms with E-state index in [9.17, 15) is 0 Å². The standard InChI is InChI=1S/C19H17NO2/c1-21-18-12-11-14-7-3-4-8-15(14)16(18)13-20-17-9-5-6-10-19(17)22-2/h3-13H,1-2H3. The Balaban J connectivity index is 2.11. The highest BCUT2D eigenvalue weighted by molar-refractivity contribution is 6.03. The van der Waals surface area contributed by atoms with E-state index < -0.39 is 0 Å². The van der Waals surface area contributed by atoms with Gasteiger partial charge in [0.15, 0.2) is 0 Å². The SMILES string of the molecule is COc1ccccc1N=Cc1c(OC)ccc2ccccc12. The molecule has 3 aromatic carbocycles. The van der Waals surface area contributed by atoms with Gasteiger partial charge in [0.05, 0.1) is 14.2 Å². The number of hydrogen-bond donors (Lipinski definition) is 0. The number of hydrogen-bond acceptors (Lipinski definition) is 3. The predicted octanol–water partition coefficient (Wildman–Crippen LogP) is 4.61. The lowest BCUT2D eigenvalue weighted by Crippen LogP contribution is -1.92. The molecule has 0 saturated heterocycles. The van der Waals surface area contributed by atoms with Crippen LogP contribution in [0.15, 0.2) is 65.7 Å². The van der Waals surface area contributed by atoms with Gasteiger partial charge < -0.3 is 9.47 Å². The summed E-state index contributed by atoms with van der Waals surface area (Å²) < 4.78 is 10.8. The van der Waals surface area contributed by atoms with Crippen molar-refractivity contribution >= 4 is 22.7 Å². The maximum Gasteiger partial charge on any atom is 0.144 e. The summed E-state index contributed by atoms with van der Waals surface area (Å²) in [5.74, 6) is 1.55. The summed E-state index contributed by atoms with van der Waals surface area (Å²) in [5.41, 5.74) is 1.76. The van der Waals surface area contributed by atoms with Crippen LogP contribution in [0.25, 0.3) is 10.8 Å². The number of methoxy groups -OCH3 is 2. The molecule has 0 aliphatic rings. The fourth-order valence-corrected chi connectivity index (χ4v) is 2.46. The number of benzene rings is 3. The van der Waals surface area contributed by atoms with E-state index in [1.54, 1.807) is 14.2 Å². The van der Waals surface area contributed by atoms with Gasteiger partial charge in [-0.05, 0) is 29.0 Å².